The van der Waals surface area contributed by atoms with Crippen molar-refractivity contribution in [2.24, 2.45) is 13.0 Å². The number of ether oxygens (including phenoxy) is 1. The molecule has 182 valence electrons. The maximum absolute atomic E-state index is 12.7. The topological polar surface area (TPSA) is 123 Å². The molecule has 0 radical (unpaired) electrons. The number of nitrogens with one attached hydrogen (secondary N) is 2. The predicted octanol–water partition coefficient (Wildman–Crippen LogP) is 3.23. The molecular weight excluding hydrogens is 448 g/mol. The van der Waals surface area contributed by atoms with Gasteiger partial charge in [-0.1, -0.05) is 55.5 Å². The van der Waals surface area contributed by atoms with E-state index in [0.29, 0.717) is 5.69 Å². The van der Waals surface area contributed by atoms with Crippen LogP contribution in [0.15, 0.2) is 60.8 Å². The Balaban J connectivity index is 1.35. The molecule has 3 N–H and O–H groups in total. The van der Waals surface area contributed by atoms with E-state index >= 15 is 0 Å². The van der Waals surface area contributed by atoms with Crippen LogP contribution in [0.2, 0.25) is 0 Å². The zero-order valence-electron chi connectivity index (χ0n) is 19.8. The van der Waals surface area contributed by atoms with Crippen LogP contribution >= 0.6 is 0 Å². The fraction of sp³-hybridized carbons (Fsp3) is 0.308. The standard InChI is InChI=1S/C26H28N4O5/c1-15(24(31)29-23(25(32)33)22-12-13-27-30(22)3)16(2)28-26(34)35-14-21-19-10-6-4-8-17(19)18-9-5-7-11-20(18)21/h4-13,15-16,21,23H,14H2,1-3H3,(H,28,34)(H,29,31)(H,32,33). The quantitative estimate of drug-likeness (QED) is 0.459. The molecule has 1 aromatic heterocycles. The molecule has 0 saturated carbocycles. The summed E-state index contributed by atoms with van der Waals surface area (Å²) >= 11 is 0. The Bertz CT molecular complexity index is 1210. The van der Waals surface area contributed by atoms with Gasteiger partial charge in [0.15, 0.2) is 6.04 Å². The van der Waals surface area contributed by atoms with Gasteiger partial charge in [-0.2, -0.15) is 5.10 Å². The highest BCUT2D eigenvalue weighted by molar-refractivity contribution is 5.86. The fourth-order valence-electron chi connectivity index (χ4n) is 4.38. The first-order valence-corrected chi connectivity index (χ1v) is 11.4. The second-order valence-electron chi connectivity index (χ2n) is 8.71. The molecule has 0 spiro atoms. The lowest BCUT2D eigenvalue weighted by atomic mass is 9.98. The number of carbonyl (C=O) groups excluding carboxylic acids is 2. The average molecular weight is 477 g/mol. The van der Waals surface area contributed by atoms with Crippen molar-refractivity contribution < 1.29 is 24.2 Å². The molecule has 1 aliphatic rings. The van der Waals surface area contributed by atoms with E-state index in [-0.39, 0.29) is 12.5 Å². The molecule has 1 heterocycles. The van der Waals surface area contributed by atoms with Gasteiger partial charge in [0, 0.05) is 25.2 Å². The lowest BCUT2D eigenvalue weighted by Crippen LogP contribution is -2.46. The molecule has 0 fully saturated rings. The van der Waals surface area contributed by atoms with Gasteiger partial charge in [0.05, 0.1) is 11.6 Å². The summed E-state index contributed by atoms with van der Waals surface area (Å²) in [6.07, 6.45) is 0.822. The molecule has 9 heteroatoms. The van der Waals surface area contributed by atoms with E-state index in [1.54, 1.807) is 20.9 Å². The Labute approximate surface area is 203 Å². The molecular formula is C26H28N4O5. The molecule has 9 nitrogen and oxygen atoms in total. The van der Waals surface area contributed by atoms with E-state index in [1.165, 1.54) is 16.9 Å². The number of amides is 2. The van der Waals surface area contributed by atoms with Gasteiger partial charge in [-0.25, -0.2) is 9.59 Å². The largest absolute Gasteiger partial charge is 0.479 e. The van der Waals surface area contributed by atoms with Crippen LogP contribution in [0.1, 0.15) is 42.6 Å². The van der Waals surface area contributed by atoms with Gasteiger partial charge >= 0.3 is 12.1 Å². The Morgan fingerprint density at radius 2 is 1.60 bits per heavy atom. The van der Waals surface area contributed by atoms with Crippen LogP contribution in [0, 0.1) is 5.92 Å². The Morgan fingerprint density at radius 3 is 2.14 bits per heavy atom. The predicted molar refractivity (Wildman–Crippen MR) is 129 cm³/mol. The third-order valence-electron chi connectivity index (χ3n) is 6.54. The normalized spacial score (nSPS) is 14.8. The zero-order chi connectivity index (χ0) is 25.1. The maximum Gasteiger partial charge on any atom is 0.407 e. The van der Waals surface area contributed by atoms with Crippen molar-refractivity contribution in [2.75, 3.05) is 6.61 Å². The Kier molecular flexibility index (Phi) is 6.86. The van der Waals surface area contributed by atoms with Gasteiger partial charge in [-0.3, -0.25) is 9.48 Å². The van der Waals surface area contributed by atoms with E-state index in [0.717, 1.165) is 22.3 Å². The molecule has 3 atom stereocenters. The summed E-state index contributed by atoms with van der Waals surface area (Å²) in [4.78, 5) is 37.0. The lowest BCUT2D eigenvalue weighted by molar-refractivity contribution is -0.143. The number of carboxylic acid groups (broad SMARTS) is 1. The number of aryl methyl sites for hydroxylation is 1. The highest BCUT2D eigenvalue weighted by atomic mass is 16.5. The molecule has 2 amide bonds. The lowest BCUT2D eigenvalue weighted by Gasteiger charge is -2.23. The monoisotopic (exact) mass is 476 g/mol. The van der Waals surface area contributed by atoms with Gasteiger partial charge in [-0.15, -0.1) is 0 Å². The third kappa shape index (κ3) is 4.89. The van der Waals surface area contributed by atoms with Gasteiger partial charge in [0.1, 0.15) is 6.61 Å². The minimum atomic E-state index is -1.25. The first-order valence-electron chi connectivity index (χ1n) is 11.4. The number of alkyl carbamates (subject to hydrolysis) is 1. The molecule has 35 heavy (non-hydrogen) atoms. The van der Waals surface area contributed by atoms with Gasteiger partial charge in [0.25, 0.3) is 0 Å². The summed E-state index contributed by atoms with van der Waals surface area (Å²) in [7, 11) is 1.60. The number of carbonyl (C=O) groups is 3. The second-order valence-corrected chi connectivity index (χ2v) is 8.71. The van der Waals surface area contributed by atoms with Crippen LogP contribution in [-0.4, -0.2) is 45.5 Å². The number of benzene rings is 2. The molecule has 0 bridgehead atoms. The molecule has 0 saturated heterocycles. The van der Waals surface area contributed by atoms with E-state index < -0.39 is 36.0 Å². The number of hydrogen-bond acceptors (Lipinski definition) is 5. The molecule has 2 aromatic carbocycles. The first-order chi connectivity index (χ1) is 16.8. The zero-order valence-corrected chi connectivity index (χ0v) is 19.8. The van der Waals surface area contributed by atoms with Crippen molar-refractivity contribution in [2.45, 2.75) is 31.8 Å². The smallest absolute Gasteiger partial charge is 0.407 e. The molecule has 3 unspecified atom stereocenters. The number of rotatable bonds is 8. The SMILES string of the molecule is CC(NC(=O)OCC1c2ccccc2-c2ccccc21)C(C)C(=O)NC(C(=O)O)c1ccnn1C. The summed E-state index contributed by atoms with van der Waals surface area (Å²) in [5.41, 5.74) is 4.83. The van der Waals surface area contributed by atoms with Crippen molar-refractivity contribution in [1.82, 2.24) is 20.4 Å². The minimum Gasteiger partial charge on any atom is -0.479 e. The van der Waals surface area contributed by atoms with E-state index in [4.69, 9.17) is 4.74 Å². The van der Waals surface area contributed by atoms with E-state index in [2.05, 4.69) is 27.9 Å². The maximum atomic E-state index is 12.7. The molecule has 3 aromatic rings. The minimum absolute atomic E-state index is 0.0700. The Morgan fingerprint density at radius 1 is 1.00 bits per heavy atom. The molecule has 1 aliphatic carbocycles. The van der Waals surface area contributed by atoms with Crippen molar-refractivity contribution >= 4 is 18.0 Å². The average Bonchev–Trinajstić information content (AvgIpc) is 3.41. The van der Waals surface area contributed by atoms with Crippen LogP contribution < -0.4 is 10.6 Å². The van der Waals surface area contributed by atoms with Crippen LogP contribution in [-0.2, 0) is 21.4 Å². The molecule has 0 aliphatic heterocycles. The van der Waals surface area contributed by atoms with Crippen molar-refractivity contribution in [3.8, 4) is 11.1 Å². The van der Waals surface area contributed by atoms with E-state index in [9.17, 15) is 19.5 Å². The molecule has 4 rings (SSSR count). The highest BCUT2D eigenvalue weighted by Gasteiger charge is 2.31. The van der Waals surface area contributed by atoms with Crippen LogP contribution in [0.3, 0.4) is 0 Å². The van der Waals surface area contributed by atoms with Crippen molar-refractivity contribution in [1.29, 1.82) is 0 Å². The second kappa shape index (κ2) is 10.0. The number of aromatic nitrogens is 2. The van der Waals surface area contributed by atoms with Gasteiger partial charge in [-0.05, 0) is 35.2 Å². The number of carboxylic acids is 1. The first kappa shape index (κ1) is 24.0. The number of aliphatic carboxylic acids is 1. The van der Waals surface area contributed by atoms with Crippen LogP contribution in [0.5, 0.6) is 0 Å². The number of fused-ring (bicyclic) bond motifs is 3. The summed E-state index contributed by atoms with van der Waals surface area (Å²) in [5.74, 6) is -2.48. The number of nitrogens with zero attached hydrogens (tertiary/aromatic N) is 2. The Hall–Kier alpha value is -4.14. The van der Waals surface area contributed by atoms with Crippen LogP contribution in [0.4, 0.5) is 4.79 Å². The van der Waals surface area contributed by atoms with Crippen molar-refractivity contribution in [3.05, 3.63) is 77.6 Å². The summed E-state index contributed by atoms with van der Waals surface area (Å²) in [6.45, 7) is 3.45. The summed E-state index contributed by atoms with van der Waals surface area (Å²) in [6, 6.07) is 15.8. The summed E-state index contributed by atoms with van der Waals surface area (Å²) < 4.78 is 6.94. The summed E-state index contributed by atoms with van der Waals surface area (Å²) in [5, 5.41) is 18.7. The van der Waals surface area contributed by atoms with Gasteiger partial charge in [0.2, 0.25) is 5.91 Å². The highest BCUT2D eigenvalue weighted by Crippen LogP contribution is 2.44. The number of hydrogen-bond donors (Lipinski definition) is 3. The van der Waals surface area contributed by atoms with E-state index in [1.807, 2.05) is 36.4 Å². The fourth-order valence-corrected chi connectivity index (χ4v) is 4.38. The third-order valence-corrected chi connectivity index (χ3v) is 6.54. The van der Waals surface area contributed by atoms with Crippen molar-refractivity contribution in [3.63, 3.8) is 0 Å². The van der Waals surface area contributed by atoms with Gasteiger partial charge < -0.3 is 20.5 Å². The van der Waals surface area contributed by atoms with Crippen LogP contribution in [0.25, 0.3) is 11.1 Å².